The number of hydrogen-bond acceptors (Lipinski definition) is 6. The maximum Gasteiger partial charge on any atom is 0.441 e. The maximum atomic E-state index is 12.1. The summed E-state index contributed by atoms with van der Waals surface area (Å²) in [5.74, 6) is -0.209. The highest BCUT2D eigenvalue weighted by Gasteiger charge is 2.27. The third-order valence-corrected chi connectivity index (χ3v) is 3.88. The first-order chi connectivity index (χ1) is 12.2. The van der Waals surface area contributed by atoms with Crippen LogP contribution in [0.4, 0.5) is 23.7 Å². The fourth-order valence-corrected chi connectivity index (χ4v) is 2.39. The molecule has 0 unspecified atom stereocenters. The Hall–Kier alpha value is -1.94. The van der Waals surface area contributed by atoms with E-state index in [1.807, 2.05) is 0 Å². The van der Waals surface area contributed by atoms with Crippen molar-refractivity contribution in [2.45, 2.75) is 18.9 Å². The summed E-state index contributed by atoms with van der Waals surface area (Å²) in [6.45, 7) is 1.64. The van der Waals surface area contributed by atoms with E-state index >= 15 is 0 Å². The minimum Gasteiger partial charge on any atom is -0.449 e. The Morgan fingerprint density at radius 1 is 1.54 bits per heavy atom. The van der Waals surface area contributed by atoms with Gasteiger partial charge in [0.15, 0.2) is 0 Å². The molecule has 0 bridgehead atoms. The molecule has 0 saturated carbocycles. The minimum atomic E-state index is -4.30. The second kappa shape index (κ2) is 10.9. The number of rotatable bonds is 9. The summed E-state index contributed by atoms with van der Waals surface area (Å²) >= 11 is 5.57. The van der Waals surface area contributed by atoms with E-state index in [-0.39, 0.29) is 42.8 Å². The first kappa shape index (κ1) is 22.1. The van der Waals surface area contributed by atoms with E-state index < -0.39 is 16.8 Å². The number of carbonyl (C=O) groups excluding carboxylic acids is 1. The van der Waals surface area contributed by atoms with Crippen LogP contribution in [0.5, 0.6) is 0 Å². The van der Waals surface area contributed by atoms with Crippen LogP contribution in [0.3, 0.4) is 0 Å². The van der Waals surface area contributed by atoms with Crippen LogP contribution in [0.25, 0.3) is 0 Å². The summed E-state index contributed by atoms with van der Waals surface area (Å²) in [4.78, 5) is 17.2. The summed E-state index contributed by atoms with van der Waals surface area (Å²) in [7, 11) is 0. The van der Waals surface area contributed by atoms with Crippen LogP contribution in [0.2, 0.25) is 0 Å². The maximum absolute atomic E-state index is 12.1. The van der Waals surface area contributed by atoms with E-state index in [9.17, 15) is 18.0 Å². The molecule has 0 saturated heterocycles. The van der Waals surface area contributed by atoms with Gasteiger partial charge in [-0.15, -0.1) is 0 Å². The number of nitrogens with zero attached hydrogens (tertiary/aromatic N) is 2. The standard InChI is InChI=1S/C15H18ClF3N4O2S/c1-2-23(14(24)25-7-4-8-26-15(17,18)19)12(13(16)20)10-22-11-5-3-6-21-9-11/h3,5-6,9-10,20,22H,2,4,7-8H2,1H3/b12-10+,20-13?. The van der Waals surface area contributed by atoms with Crippen molar-refractivity contribution in [3.63, 3.8) is 0 Å². The normalized spacial score (nSPS) is 11.8. The number of alkyl halides is 3. The minimum absolute atomic E-state index is 0.0543. The van der Waals surface area contributed by atoms with E-state index in [0.717, 1.165) is 4.90 Å². The highest BCUT2D eigenvalue weighted by Crippen LogP contribution is 2.30. The smallest absolute Gasteiger partial charge is 0.441 e. The second-order valence-electron chi connectivity index (χ2n) is 4.74. The van der Waals surface area contributed by atoms with Crippen molar-refractivity contribution in [2.24, 2.45) is 0 Å². The van der Waals surface area contributed by atoms with Crippen LogP contribution in [0.1, 0.15) is 13.3 Å². The molecule has 26 heavy (non-hydrogen) atoms. The van der Waals surface area contributed by atoms with Gasteiger partial charge in [0.2, 0.25) is 0 Å². The molecule has 0 fully saturated rings. The summed E-state index contributed by atoms with van der Waals surface area (Å²) in [5.41, 5.74) is -3.62. The van der Waals surface area contributed by atoms with Crippen molar-refractivity contribution in [3.05, 3.63) is 36.4 Å². The summed E-state index contributed by atoms with van der Waals surface area (Å²) in [5, 5.41) is 10.1. The zero-order valence-electron chi connectivity index (χ0n) is 13.8. The van der Waals surface area contributed by atoms with Gasteiger partial charge in [0.1, 0.15) is 5.17 Å². The zero-order valence-corrected chi connectivity index (χ0v) is 15.4. The lowest BCUT2D eigenvalue weighted by Gasteiger charge is -2.22. The van der Waals surface area contributed by atoms with Gasteiger partial charge in [-0.05, 0) is 25.5 Å². The Kier molecular flexibility index (Phi) is 9.28. The van der Waals surface area contributed by atoms with Crippen LogP contribution in [-0.2, 0) is 4.74 Å². The number of pyridine rings is 1. The molecule has 0 aliphatic carbocycles. The van der Waals surface area contributed by atoms with E-state index in [0.29, 0.717) is 5.69 Å². The topological polar surface area (TPSA) is 78.3 Å². The Bertz CT molecular complexity index is 629. The lowest BCUT2D eigenvalue weighted by molar-refractivity contribution is -0.0328. The van der Waals surface area contributed by atoms with E-state index in [2.05, 4.69) is 10.3 Å². The Morgan fingerprint density at radius 3 is 2.81 bits per heavy atom. The van der Waals surface area contributed by atoms with Crippen LogP contribution >= 0.6 is 23.4 Å². The Labute approximate surface area is 158 Å². The Morgan fingerprint density at radius 2 is 2.27 bits per heavy atom. The van der Waals surface area contributed by atoms with Crippen LogP contribution < -0.4 is 5.32 Å². The summed E-state index contributed by atoms with van der Waals surface area (Å²) < 4.78 is 41.1. The van der Waals surface area contributed by atoms with Crippen molar-refractivity contribution in [1.29, 1.82) is 5.41 Å². The Balaban J connectivity index is 2.63. The number of aromatic nitrogens is 1. The van der Waals surface area contributed by atoms with Gasteiger partial charge in [-0.25, -0.2) is 4.79 Å². The molecule has 0 atom stereocenters. The molecule has 1 rings (SSSR count). The molecule has 0 aliphatic heterocycles. The van der Waals surface area contributed by atoms with Gasteiger partial charge >= 0.3 is 11.6 Å². The second-order valence-corrected chi connectivity index (χ2v) is 6.27. The van der Waals surface area contributed by atoms with Crippen LogP contribution in [0, 0.1) is 5.41 Å². The zero-order chi connectivity index (χ0) is 19.6. The highest BCUT2D eigenvalue weighted by atomic mass is 35.5. The third-order valence-electron chi connectivity index (χ3n) is 2.87. The number of nitrogens with one attached hydrogen (secondary N) is 2. The first-order valence-electron chi connectivity index (χ1n) is 7.50. The molecule has 0 spiro atoms. The molecule has 6 nitrogen and oxygen atoms in total. The quantitative estimate of drug-likeness (QED) is 0.457. The average molecular weight is 411 g/mol. The molecule has 0 aromatic carbocycles. The molecule has 0 aliphatic rings. The first-order valence-corrected chi connectivity index (χ1v) is 8.87. The number of ether oxygens (including phenoxy) is 1. The number of allylic oxidation sites excluding steroid dienone is 1. The number of amides is 1. The average Bonchev–Trinajstić information content (AvgIpc) is 2.57. The third kappa shape index (κ3) is 8.43. The van der Waals surface area contributed by atoms with Gasteiger partial charge in [0.05, 0.1) is 24.2 Å². The number of anilines is 1. The highest BCUT2D eigenvalue weighted by molar-refractivity contribution is 8.00. The van der Waals surface area contributed by atoms with E-state index in [4.69, 9.17) is 21.7 Å². The molecular formula is C15H18ClF3N4O2S. The van der Waals surface area contributed by atoms with Crippen molar-refractivity contribution in [3.8, 4) is 0 Å². The molecule has 1 heterocycles. The van der Waals surface area contributed by atoms with Crippen LogP contribution in [0.15, 0.2) is 36.4 Å². The molecule has 2 N–H and O–H groups in total. The largest absolute Gasteiger partial charge is 0.449 e. The van der Waals surface area contributed by atoms with Crippen molar-refractivity contribution in [2.75, 3.05) is 24.2 Å². The monoisotopic (exact) mass is 410 g/mol. The summed E-state index contributed by atoms with van der Waals surface area (Å²) in [6, 6.07) is 3.43. The summed E-state index contributed by atoms with van der Waals surface area (Å²) in [6.07, 6.45) is 3.75. The molecule has 1 aromatic rings. The van der Waals surface area contributed by atoms with Gasteiger partial charge in [-0.1, -0.05) is 23.4 Å². The van der Waals surface area contributed by atoms with Gasteiger partial charge in [-0.2, -0.15) is 13.2 Å². The number of halogens is 4. The number of thioether (sulfide) groups is 1. The van der Waals surface area contributed by atoms with E-state index in [1.165, 1.54) is 6.20 Å². The molecule has 1 aromatic heterocycles. The van der Waals surface area contributed by atoms with E-state index in [1.54, 1.807) is 31.5 Å². The fraction of sp³-hybridized carbons (Fsp3) is 0.400. The SMILES string of the molecule is CCN(C(=O)OCCCSC(F)(F)F)/C(=C/Nc1cccnc1)C(=N)Cl. The van der Waals surface area contributed by atoms with Crippen molar-refractivity contribution < 1.29 is 22.7 Å². The molecular weight excluding hydrogens is 393 g/mol. The number of carbonyl (C=O) groups is 1. The molecule has 0 radical (unpaired) electrons. The van der Waals surface area contributed by atoms with Gasteiger partial charge in [0, 0.05) is 24.7 Å². The van der Waals surface area contributed by atoms with Gasteiger partial charge in [-0.3, -0.25) is 15.3 Å². The van der Waals surface area contributed by atoms with Gasteiger partial charge < -0.3 is 10.1 Å². The predicted molar refractivity (Wildman–Crippen MR) is 96.4 cm³/mol. The van der Waals surface area contributed by atoms with Crippen LogP contribution in [-0.4, -0.2) is 45.6 Å². The molecule has 1 amide bonds. The number of hydrogen-bond donors (Lipinski definition) is 2. The molecule has 11 heteroatoms. The van der Waals surface area contributed by atoms with Crippen molar-refractivity contribution in [1.82, 2.24) is 9.88 Å². The lowest BCUT2D eigenvalue weighted by Crippen LogP contribution is -2.33. The predicted octanol–water partition coefficient (Wildman–Crippen LogP) is 4.65. The molecule has 144 valence electrons. The fourth-order valence-electron chi connectivity index (χ4n) is 1.74. The lowest BCUT2D eigenvalue weighted by atomic mass is 10.4. The van der Waals surface area contributed by atoms with Crippen molar-refractivity contribution >= 4 is 40.3 Å². The van der Waals surface area contributed by atoms with Gasteiger partial charge in [0.25, 0.3) is 0 Å².